The third kappa shape index (κ3) is 3.15. The van der Waals surface area contributed by atoms with Crippen LogP contribution >= 0.6 is 23.4 Å². The van der Waals surface area contributed by atoms with E-state index in [2.05, 4.69) is 0 Å². The van der Waals surface area contributed by atoms with Crippen LogP contribution in [-0.2, 0) is 6.54 Å². The zero-order chi connectivity index (χ0) is 15.7. The van der Waals surface area contributed by atoms with E-state index in [1.54, 1.807) is 29.2 Å². The van der Waals surface area contributed by atoms with E-state index in [1.165, 1.54) is 17.8 Å². The maximum absolute atomic E-state index is 14.0. The average Bonchev–Trinajstić information content (AvgIpc) is 3.23. The van der Waals surface area contributed by atoms with Crippen LogP contribution in [0.1, 0.15) is 29.0 Å². The number of furan rings is 1. The fourth-order valence-electron chi connectivity index (χ4n) is 2.29. The first-order valence-corrected chi connectivity index (χ1v) is 8.58. The number of carbonyl (C=O) groups excluding carboxylic acids is 1. The fraction of sp³-hybridized carbons (Fsp3) is 0.312. The molecule has 1 saturated carbocycles. The Bertz CT molecular complexity index is 679. The molecule has 1 heterocycles. The van der Waals surface area contributed by atoms with Crippen LogP contribution in [0.5, 0.6) is 0 Å². The Labute approximate surface area is 137 Å². The van der Waals surface area contributed by atoms with Gasteiger partial charge in [-0.05, 0) is 43.4 Å². The van der Waals surface area contributed by atoms with Gasteiger partial charge in [0, 0.05) is 16.6 Å². The van der Waals surface area contributed by atoms with Crippen molar-refractivity contribution in [1.82, 2.24) is 4.90 Å². The lowest BCUT2D eigenvalue weighted by Gasteiger charge is -2.22. The predicted molar refractivity (Wildman–Crippen MR) is 84.8 cm³/mol. The molecule has 1 aromatic heterocycles. The molecule has 1 aliphatic rings. The van der Waals surface area contributed by atoms with Crippen molar-refractivity contribution in [2.75, 3.05) is 6.26 Å². The van der Waals surface area contributed by atoms with E-state index in [0.717, 1.165) is 12.8 Å². The van der Waals surface area contributed by atoms with Crippen LogP contribution in [0.25, 0.3) is 0 Å². The number of rotatable bonds is 5. The number of thioether (sulfide) groups is 1. The third-order valence-electron chi connectivity index (χ3n) is 3.63. The van der Waals surface area contributed by atoms with Crippen molar-refractivity contribution < 1.29 is 13.6 Å². The van der Waals surface area contributed by atoms with Crippen molar-refractivity contribution in [1.29, 1.82) is 0 Å². The van der Waals surface area contributed by atoms with Crippen molar-refractivity contribution in [3.05, 3.63) is 52.5 Å². The molecule has 2 aromatic rings. The van der Waals surface area contributed by atoms with Crippen LogP contribution in [-0.4, -0.2) is 23.1 Å². The first kappa shape index (κ1) is 15.4. The minimum atomic E-state index is -0.393. The molecule has 1 aromatic carbocycles. The van der Waals surface area contributed by atoms with Gasteiger partial charge in [-0.15, -0.1) is 0 Å². The van der Waals surface area contributed by atoms with Gasteiger partial charge in [-0.1, -0.05) is 29.4 Å². The Morgan fingerprint density at radius 2 is 2.18 bits per heavy atom. The van der Waals surface area contributed by atoms with Crippen LogP contribution in [0.2, 0.25) is 5.02 Å². The zero-order valence-electron chi connectivity index (χ0n) is 12.0. The van der Waals surface area contributed by atoms with E-state index in [4.69, 9.17) is 16.0 Å². The van der Waals surface area contributed by atoms with Gasteiger partial charge < -0.3 is 9.32 Å². The Balaban J connectivity index is 1.85. The number of benzene rings is 1. The minimum absolute atomic E-state index is 0.131. The van der Waals surface area contributed by atoms with E-state index in [0.29, 0.717) is 15.7 Å². The quantitative estimate of drug-likeness (QED) is 0.746. The lowest BCUT2D eigenvalue weighted by molar-refractivity contribution is 0.0690. The largest absolute Gasteiger partial charge is 0.445 e. The second-order valence-electron chi connectivity index (χ2n) is 5.19. The topological polar surface area (TPSA) is 33.5 Å². The molecule has 22 heavy (non-hydrogen) atoms. The number of amides is 1. The summed E-state index contributed by atoms with van der Waals surface area (Å²) in [5.41, 5.74) is 0.348. The van der Waals surface area contributed by atoms with Gasteiger partial charge in [-0.2, -0.15) is 0 Å². The summed E-state index contributed by atoms with van der Waals surface area (Å²) in [6, 6.07) is 8.10. The van der Waals surface area contributed by atoms with Crippen LogP contribution in [0.3, 0.4) is 0 Å². The van der Waals surface area contributed by atoms with Crippen molar-refractivity contribution >= 4 is 29.3 Å². The second-order valence-corrected chi connectivity index (χ2v) is 6.41. The number of hydrogen-bond acceptors (Lipinski definition) is 3. The van der Waals surface area contributed by atoms with E-state index in [1.807, 2.05) is 6.26 Å². The van der Waals surface area contributed by atoms with Gasteiger partial charge in [0.2, 0.25) is 0 Å². The van der Waals surface area contributed by atoms with Crippen LogP contribution in [0.4, 0.5) is 4.39 Å². The van der Waals surface area contributed by atoms with E-state index in [9.17, 15) is 9.18 Å². The number of carbonyl (C=O) groups is 1. The highest BCUT2D eigenvalue weighted by molar-refractivity contribution is 7.98. The van der Waals surface area contributed by atoms with Gasteiger partial charge in [0.05, 0.1) is 6.54 Å². The average molecular weight is 340 g/mol. The van der Waals surface area contributed by atoms with Gasteiger partial charge in [-0.3, -0.25) is 4.79 Å². The summed E-state index contributed by atoms with van der Waals surface area (Å²) in [6.07, 6.45) is 3.73. The van der Waals surface area contributed by atoms with E-state index in [-0.39, 0.29) is 24.3 Å². The molecule has 1 amide bonds. The van der Waals surface area contributed by atoms with Gasteiger partial charge in [0.1, 0.15) is 5.82 Å². The van der Waals surface area contributed by atoms with Crippen molar-refractivity contribution in [2.45, 2.75) is 30.5 Å². The normalized spacial score (nSPS) is 14.1. The summed E-state index contributed by atoms with van der Waals surface area (Å²) in [4.78, 5) is 14.3. The highest BCUT2D eigenvalue weighted by Crippen LogP contribution is 2.32. The summed E-state index contributed by atoms with van der Waals surface area (Å²) in [6.45, 7) is 0.157. The van der Waals surface area contributed by atoms with Gasteiger partial charge in [-0.25, -0.2) is 4.39 Å². The van der Waals surface area contributed by atoms with Crippen molar-refractivity contribution in [3.8, 4) is 0 Å². The first-order chi connectivity index (χ1) is 10.6. The van der Waals surface area contributed by atoms with Crippen LogP contribution < -0.4 is 0 Å². The fourth-order valence-corrected chi connectivity index (χ4v) is 2.89. The summed E-state index contributed by atoms with van der Waals surface area (Å²) in [7, 11) is 0. The van der Waals surface area contributed by atoms with Gasteiger partial charge >= 0.3 is 0 Å². The Kier molecular flexibility index (Phi) is 4.45. The molecule has 0 atom stereocenters. The summed E-state index contributed by atoms with van der Waals surface area (Å²) < 4.78 is 19.5. The molecular weight excluding hydrogens is 325 g/mol. The Morgan fingerprint density at radius 1 is 1.41 bits per heavy atom. The lowest BCUT2D eigenvalue weighted by Crippen LogP contribution is -2.32. The maximum atomic E-state index is 14.0. The molecule has 3 rings (SSSR count). The molecule has 0 bridgehead atoms. The van der Waals surface area contributed by atoms with Gasteiger partial charge in [0.25, 0.3) is 5.91 Å². The molecule has 0 spiro atoms. The third-order valence-corrected chi connectivity index (χ3v) is 4.61. The number of hydrogen-bond donors (Lipinski definition) is 0. The Morgan fingerprint density at radius 3 is 2.77 bits per heavy atom. The van der Waals surface area contributed by atoms with Crippen molar-refractivity contribution in [3.63, 3.8) is 0 Å². The summed E-state index contributed by atoms with van der Waals surface area (Å²) in [5, 5.41) is 1.02. The zero-order valence-corrected chi connectivity index (χ0v) is 13.6. The molecule has 6 heteroatoms. The van der Waals surface area contributed by atoms with Crippen molar-refractivity contribution in [2.24, 2.45) is 0 Å². The molecular formula is C16H15ClFNO2S. The molecule has 0 N–H and O–H groups in total. The molecule has 3 nitrogen and oxygen atoms in total. The molecule has 1 aliphatic carbocycles. The molecule has 0 aliphatic heterocycles. The molecule has 0 saturated heterocycles. The SMILES string of the molecule is CSc1ccc(C(=O)N(Cc2c(F)cccc2Cl)C2CC2)o1. The maximum Gasteiger partial charge on any atom is 0.290 e. The number of halogens is 2. The van der Waals surface area contributed by atoms with Gasteiger partial charge in [0.15, 0.2) is 10.9 Å². The molecule has 0 radical (unpaired) electrons. The smallest absolute Gasteiger partial charge is 0.290 e. The van der Waals surface area contributed by atoms with E-state index < -0.39 is 5.82 Å². The monoisotopic (exact) mass is 339 g/mol. The first-order valence-electron chi connectivity index (χ1n) is 6.98. The molecule has 0 unspecified atom stereocenters. The lowest BCUT2D eigenvalue weighted by atomic mass is 10.2. The summed E-state index contributed by atoms with van der Waals surface area (Å²) in [5.74, 6) is -0.332. The molecule has 116 valence electrons. The predicted octanol–water partition coefficient (Wildman–Crippen LogP) is 4.60. The second kappa shape index (κ2) is 6.34. The molecule has 1 fully saturated rings. The van der Waals surface area contributed by atoms with Crippen LogP contribution in [0.15, 0.2) is 39.8 Å². The van der Waals surface area contributed by atoms with E-state index >= 15 is 0 Å². The minimum Gasteiger partial charge on any atom is -0.445 e. The summed E-state index contributed by atoms with van der Waals surface area (Å²) >= 11 is 7.50. The highest BCUT2D eigenvalue weighted by atomic mass is 35.5. The standard InChI is InChI=1S/C16H15ClFNO2S/c1-22-15-8-7-14(21-15)16(20)19(10-5-6-10)9-11-12(17)3-2-4-13(11)18/h2-4,7-8,10H,5-6,9H2,1H3. The Hall–Kier alpha value is -1.46. The number of nitrogens with zero attached hydrogens (tertiary/aromatic N) is 1. The highest BCUT2D eigenvalue weighted by Gasteiger charge is 2.35. The van der Waals surface area contributed by atoms with Crippen LogP contribution in [0, 0.1) is 5.82 Å².